The van der Waals surface area contributed by atoms with Gasteiger partial charge >= 0.3 is 6.01 Å². The molecule has 0 unspecified atom stereocenters. The summed E-state index contributed by atoms with van der Waals surface area (Å²) in [6.45, 7) is 18.0. The number of nitrogens with zero attached hydrogens (tertiary/aromatic N) is 7. The zero-order valence-electron chi connectivity index (χ0n) is 26.5. The van der Waals surface area contributed by atoms with Gasteiger partial charge in [-0.1, -0.05) is 42.4 Å². The number of carbonyl (C=O) groups excluding carboxylic acids is 1. The van der Waals surface area contributed by atoms with E-state index in [1.807, 2.05) is 12.1 Å². The van der Waals surface area contributed by atoms with Crippen LogP contribution in [0.2, 0.25) is 5.02 Å². The first kappa shape index (κ1) is 31.6. The number of anilines is 2. The summed E-state index contributed by atoms with van der Waals surface area (Å²) in [6.07, 6.45) is 2.90. The van der Waals surface area contributed by atoms with Gasteiger partial charge in [0.25, 0.3) is 5.91 Å². The summed E-state index contributed by atoms with van der Waals surface area (Å²) < 4.78 is 25.9. The summed E-state index contributed by atoms with van der Waals surface area (Å²) >= 11 is 6.72. The molecule has 0 spiro atoms. The molecule has 2 aromatic carbocycles. The number of fused-ring (bicyclic) bond motifs is 2. The van der Waals surface area contributed by atoms with Gasteiger partial charge in [0, 0.05) is 67.9 Å². The largest absolute Gasteiger partial charge is 0.463 e. The summed E-state index contributed by atoms with van der Waals surface area (Å²) in [5, 5.41) is 2.81. The smallest absolute Gasteiger partial charge is 0.318 e. The highest BCUT2D eigenvalue weighted by Gasteiger charge is 2.45. The Bertz CT molecular complexity index is 1720. The highest BCUT2D eigenvalue weighted by Crippen LogP contribution is 2.47. The molecule has 3 aliphatic heterocycles. The molecular weight excluding hydrogens is 621 g/mol. The lowest BCUT2D eigenvalue weighted by molar-refractivity contribution is -0.131. The number of ether oxygens (including phenoxy) is 2. The fraction of sp³-hybridized carbons (Fsp3) is 0.486. The highest BCUT2D eigenvalue weighted by atomic mass is 35.5. The quantitative estimate of drug-likeness (QED) is 0.241. The molecule has 4 aliphatic rings. The molecule has 1 amide bonds. The van der Waals surface area contributed by atoms with E-state index in [2.05, 4.69) is 50.4 Å². The Morgan fingerprint density at radius 3 is 2.64 bits per heavy atom. The van der Waals surface area contributed by atoms with E-state index >= 15 is 0 Å². The minimum Gasteiger partial charge on any atom is -0.463 e. The second kappa shape index (κ2) is 13.3. The molecule has 47 heavy (non-hydrogen) atoms. The number of halogens is 2. The van der Waals surface area contributed by atoms with Crippen LogP contribution in [0.15, 0.2) is 48.8 Å². The number of piperazine rings is 1. The maximum absolute atomic E-state index is 13.9. The van der Waals surface area contributed by atoms with Gasteiger partial charge in [0.05, 0.1) is 37.1 Å². The van der Waals surface area contributed by atoms with Crippen molar-refractivity contribution < 1.29 is 18.7 Å². The number of benzene rings is 2. The minimum atomic E-state index is -1.01. The molecule has 3 fully saturated rings. The van der Waals surface area contributed by atoms with Gasteiger partial charge in [0.15, 0.2) is 5.83 Å². The Hall–Kier alpha value is -3.98. The lowest BCUT2D eigenvalue weighted by atomic mass is 10.0. The highest BCUT2D eigenvalue weighted by molar-refractivity contribution is 6.36. The standard InChI is InChI=1S/C35H39ClFN7O3/c1-24(37)33(45)44-14-13-43(20-26(44)19-38-2)32-27-9-12-42(30-8-4-6-25-5-3-7-28(36)31(25)30)21-29(27)39-34(40-32)47-23-35(10-11-35)22-41-15-17-46-18-16-41/h3-8,26H,1,9-23H2/t26-/m0/s1. The molecule has 4 heterocycles. The molecule has 7 rings (SSSR count). The Labute approximate surface area is 279 Å². The first-order chi connectivity index (χ1) is 22.8. The zero-order chi connectivity index (χ0) is 32.5. The van der Waals surface area contributed by atoms with E-state index in [9.17, 15) is 9.18 Å². The number of hydrogen-bond donors (Lipinski definition) is 0. The molecule has 10 nitrogen and oxygen atoms in total. The van der Waals surface area contributed by atoms with Crippen molar-refractivity contribution in [2.45, 2.75) is 31.8 Å². The summed E-state index contributed by atoms with van der Waals surface area (Å²) in [4.78, 5) is 34.5. The molecular formula is C35H39ClFN7O3. The molecule has 246 valence electrons. The van der Waals surface area contributed by atoms with Crippen LogP contribution in [0.5, 0.6) is 6.01 Å². The van der Waals surface area contributed by atoms with Crippen molar-refractivity contribution in [1.29, 1.82) is 0 Å². The van der Waals surface area contributed by atoms with E-state index in [0.717, 1.165) is 85.8 Å². The van der Waals surface area contributed by atoms with Gasteiger partial charge in [-0.2, -0.15) is 9.97 Å². The van der Waals surface area contributed by atoms with Crippen molar-refractivity contribution in [3.8, 4) is 6.01 Å². The van der Waals surface area contributed by atoms with Crippen LogP contribution in [-0.2, 0) is 22.5 Å². The van der Waals surface area contributed by atoms with Crippen LogP contribution in [0.4, 0.5) is 15.9 Å². The summed E-state index contributed by atoms with van der Waals surface area (Å²) in [5.41, 5.74) is 3.06. The minimum absolute atomic E-state index is 0.0613. The Morgan fingerprint density at radius 2 is 1.89 bits per heavy atom. The van der Waals surface area contributed by atoms with Crippen molar-refractivity contribution in [2.24, 2.45) is 5.41 Å². The molecule has 1 atom stereocenters. The van der Waals surface area contributed by atoms with E-state index in [1.54, 1.807) is 0 Å². The maximum Gasteiger partial charge on any atom is 0.318 e. The van der Waals surface area contributed by atoms with Gasteiger partial charge in [-0.05, 0) is 36.8 Å². The monoisotopic (exact) mass is 659 g/mol. The van der Waals surface area contributed by atoms with E-state index in [0.29, 0.717) is 43.7 Å². The van der Waals surface area contributed by atoms with Gasteiger partial charge in [-0.3, -0.25) is 9.69 Å². The lowest BCUT2D eigenvalue weighted by Gasteiger charge is -2.41. The third-order valence-electron chi connectivity index (χ3n) is 9.90. The Kier molecular flexibility index (Phi) is 8.92. The van der Waals surface area contributed by atoms with Crippen LogP contribution in [0.1, 0.15) is 24.1 Å². The number of rotatable bonds is 9. The Balaban J connectivity index is 1.19. The van der Waals surface area contributed by atoms with E-state index in [4.69, 9.17) is 37.6 Å². The normalized spacial score (nSPS) is 20.9. The number of carbonyl (C=O) groups is 1. The fourth-order valence-electron chi connectivity index (χ4n) is 7.17. The first-order valence-corrected chi connectivity index (χ1v) is 16.7. The van der Waals surface area contributed by atoms with Crippen molar-refractivity contribution in [1.82, 2.24) is 19.8 Å². The van der Waals surface area contributed by atoms with Crippen LogP contribution in [0.25, 0.3) is 15.6 Å². The fourth-order valence-corrected chi connectivity index (χ4v) is 7.45. The van der Waals surface area contributed by atoms with Crippen molar-refractivity contribution in [3.05, 3.63) is 76.5 Å². The molecule has 1 saturated carbocycles. The second-order valence-corrected chi connectivity index (χ2v) is 13.5. The van der Waals surface area contributed by atoms with E-state index < -0.39 is 17.8 Å². The molecule has 3 aromatic rings. The van der Waals surface area contributed by atoms with Crippen LogP contribution in [-0.4, -0.2) is 104 Å². The average Bonchev–Trinajstić information content (AvgIpc) is 3.86. The van der Waals surface area contributed by atoms with Gasteiger partial charge in [0.2, 0.25) is 6.54 Å². The van der Waals surface area contributed by atoms with Gasteiger partial charge in [-0.25, -0.2) is 11.0 Å². The number of amides is 1. The molecule has 2 saturated heterocycles. The van der Waals surface area contributed by atoms with E-state index in [-0.39, 0.29) is 18.5 Å². The molecule has 0 bridgehead atoms. The van der Waals surface area contributed by atoms with Crippen LogP contribution >= 0.6 is 11.6 Å². The van der Waals surface area contributed by atoms with Crippen molar-refractivity contribution in [3.63, 3.8) is 0 Å². The van der Waals surface area contributed by atoms with Crippen molar-refractivity contribution >= 4 is 39.8 Å². The molecule has 1 aromatic heterocycles. The zero-order valence-corrected chi connectivity index (χ0v) is 27.2. The summed E-state index contributed by atoms with van der Waals surface area (Å²) in [7, 11) is 0. The van der Waals surface area contributed by atoms with Crippen LogP contribution in [0, 0.1) is 12.0 Å². The maximum atomic E-state index is 13.9. The van der Waals surface area contributed by atoms with Crippen LogP contribution in [0.3, 0.4) is 0 Å². The number of aromatic nitrogens is 2. The number of morpholine rings is 1. The molecule has 12 heteroatoms. The van der Waals surface area contributed by atoms with Gasteiger partial charge in [-0.15, -0.1) is 0 Å². The average molecular weight is 660 g/mol. The van der Waals surface area contributed by atoms with Gasteiger partial charge < -0.3 is 29.0 Å². The predicted octanol–water partition coefficient (Wildman–Crippen LogP) is 4.76. The second-order valence-electron chi connectivity index (χ2n) is 13.1. The molecule has 1 aliphatic carbocycles. The SMILES string of the molecule is [C-]#[N+]C[C@H]1CN(c2nc(OCC3(CN4CCOCC4)CC3)nc3c2CCN(c2cccc4cccc(Cl)c24)C3)CCN1C(=O)C(=C)F. The first-order valence-electron chi connectivity index (χ1n) is 16.3. The predicted molar refractivity (Wildman–Crippen MR) is 180 cm³/mol. The lowest BCUT2D eigenvalue weighted by Crippen LogP contribution is -2.57. The number of hydrogen-bond acceptors (Lipinski definition) is 8. The van der Waals surface area contributed by atoms with Crippen molar-refractivity contribution in [2.75, 3.05) is 82.0 Å². The third-order valence-corrected chi connectivity index (χ3v) is 10.2. The topological polar surface area (TPSA) is 78.6 Å². The third kappa shape index (κ3) is 6.59. The van der Waals surface area contributed by atoms with Crippen LogP contribution < -0.4 is 14.5 Å². The van der Waals surface area contributed by atoms with E-state index in [1.165, 1.54) is 4.90 Å². The molecule has 0 radical (unpaired) electrons. The summed E-state index contributed by atoms with van der Waals surface area (Å²) in [5.74, 6) is -1.01. The summed E-state index contributed by atoms with van der Waals surface area (Å²) in [6, 6.07) is 12.0. The molecule has 0 N–H and O–H groups in total. The Morgan fingerprint density at radius 1 is 1.11 bits per heavy atom. The van der Waals surface area contributed by atoms with Gasteiger partial charge in [0.1, 0.15) is 11.9 Å².